The fraction of sp³-hybridized carbons (Fsp3) is 0.300. The van der Waals surface area contributed by atoms with E-state index in [4.69, 9.17) is 24.7 Å². The number of ether oxygens (including phenoxy) is 4. The highest BCUT2D eigenvalue weighted by Crippen LogP contribution is 2.33. The molecule has 28 heavy (non-hydrogen) atoms. The van der Waals surface area contributed by atoms with E-state index < -0.39 is 0 Å². The van der Waals surface area contributed by atoms with Crippen LogP contribution < -0.4 is 30.0 Å². The van der Waals surface area contributed by atoms with Crippen molar-refractivity contribution in [3.8, 4) is 23.0 Å². The van der Waals surface area contributed by atoms with Crippen LogP contribution in [0.5, 0.6) is 23.0 Å². The van der Waals surface area contributed by atoms with E-state index in [1.165, 1.54) is 0 Å². The van der Waals surface area contributed by atoms with Crippen LogP contribution in [0.3, 0.4) is 0 Å². The number of methoxy groups -OCH3 is 4. The maximum absolute atomic E-state index is 6.11. The van der Waals surface area contributed by atoms with E-state index in [2.05, 4.69) is 15.3 Å². The Morgan fingerprint density at radius 1 is 0.821 bits per heavy atom. The Morgan fingerprint density at radius 3 is 2.14 bits per heavy atom. The molecule has 1 aromatic heterocycles. The Kier molecular flexibility index (Phi) is 5.88. The summed E-state index contributed by atoms with van der Waals surface area (Å²) < 4.78 is 21.2. The molecule has 3 N–H and O–H groups in total. The molecule has 0 aliphatic carbocycles. The average molecular weight is 384 g/mol. The van der Waals surface area contributed by atoms with Crippen molar-refractivity contribution in [3.05, 3.63) is 35.9 Å². The molecule has 3 rings (SSSR count). The van der Waals surface area contributed by atoms with E-state index in [1.807, 2.05) is 18.2 Å². The van der Waals surface area contributed by atoms with Gasteiger partial charge in [-0.25, -0.2) is 4.98 Å². The van der Waals surface area contributed by atoms with Gasteiger partial charge in [-0.1, -0.05) is 6.07 Å². The summed E-state index contributed by atoms with van der Waals surface area (Å²) in [6.45, 7) is 0.633. The molecule has 8 nitrogen and oxygen atoms in total. The Balaban J connectivity index is 1.76. The molecule has 2 aromatic carbocycles. The van der Waals surface area contributed by atoms with Gasteiger partial charge in [-0.15, -0.1) is 0 Å². The molecule has 0 saturated carbocycles. The van der Waals surface area contributed by atoms with Gasteiger partial charge in [-0.05, 0) is 30.2 Å². The normalized spacial score (nSPS) is 10.6. The first-order valence-corrected chi connectivity index (χ1v) is 8.73. The topological polar surface area (TPSA) is 101 Å². The number of hydrogen-bond donors (Lipinski definition) is 2. The van der Waals surface area contributed by atoms with E-state index >= 15 is 0 Å². The van der Waals surface area contributed by atoms with E-state index in [-0.39, 0.29) is 0 Å². The molecule has 0 radical (unpaired) electrons. The van der Waals surface area contributed by atoms with Crippen molar-refractivity contribution in [1.82, 2.24) is 9.97 Å². The Bertz CT molecular complexity index is 978. The van der Waals surface area contributed by atoms with Gasteiger partial charge in [0.25, 0.3) is 0 Å². The molecule has 0 unspecified atom stereocenters. The number of anilines is 2. The molecule has 8 heteroatoms. The van der Waals surface area contributed by atoms with E-state index in [0.29, 0.717) is 52.2 Å². The number of fused-ring (bicyclic) bond motifs is 1. The van der Waals surface area contributed by atoms with E-state index in [1.54, 1.807) is 40.6 Å². The van der Waals surface area contributed by atoms with Crippen molar-refractivity contribution in [2.75, 3.05) is 46.0 Å². The van der Waals surface area contributed by atoms with Gasteiger partial charge in [0, 0.05) is 18.0 Å². The van der Waals surface area contributed by atoms with Crippen LogP contribution >= 0.6 is 0 Å². The Labute approximate surface area is 163 Å². The number of nitrogens with zero attached hydrogens (tertiary/aromatic N) is 2. The number of hydrogen-bond acceptors (Lipinski definition) is 8. The minimum Gasteiger partial charge on any atom is -0.493 e. The fourth-order valence-corrected chi connectivity index (χ4v) is 2.91. The summed E-state index contributed by atoms with van der Waals surface area (Å²) >= 11 is 0. The lowest BCUT2D eigenvalue weighted by Crippen LogP contribution is -2.09. The third-order valence-corrected chi connectivity index (χ3v) is 4.38. The van der Waals surface area contributed by atoms with Gasteiger partial charge < -0.3 is 30.0 Å². The lowest BCUT2D eigenvalue weighted by Gasteiger charge is -2.12. The summed E-state index contributed by atoms with van der Waals surface area (Å²) in [7, 11) is 6.39. The summed E-state index contributed by atoms with van der Waals surface area (Å²) in [5, 5.41) is 3.92. The van der Waals surface area contributed by atoms with Crippen molar-refractivity contribution < 1.29 is 18.9 Å². The van der Waals surface area contributed by atoms with Gasteiger partial charge in [0.15, 0.2) is 23.0 Å². The molecule has 3 aromatic rings. The van der Waals surface area contributed by atoms with Crippen LogP contribution in [0.4, 0.5) is 11.8 Å². The number of nitrogens with one attached hydrogen (secondary N) is 1. The SMILES string of the molecule is COc1ccc(CCNc2nc(N)c3cc(OC)c(OC)cc3n2)cc1OC. The van der Waals surface area contributed by atoms with Crippen molar-refractivity contribution in [2.24, 2.45) is 0 Å². The number of nitrogens with two attached hydrogens (primary N) is 1. The van der Waals surface area contributed by atoms with Gasteiger partial charge >= 0.3 is 0 Å². The van der Waals surface area contributed by atoms with Gasteiger partial charge in [-0.3, -0.25) is 0 Å². The number of nitrogen functional groups attached to an aromatic ring is 1. The minimum atomic E-state index is 0.375. The molecule has 0 fully saturated rings. The lowest BCUT2D eigenvalue weighted by molar-refractivity contribution is 0.354. The van der Waals surface area contributed by atoms with Gasteiger partial charge in [0.2, 0.25) is 5.95 Å². The van der Waals surface area contributed by atoms with Crippen LogP contribution in [0.2, 0.25) is 0 Å². The standard InChI is InChI=1S/C20H24N4O4/c1-25-15-6-5-12(9-16(15)26-2)7-8-22-20-23-14-11-18(28-4)17(27-3)10-13(14)19(21)24-20/h5-6,9-11H,7-8H2,1-4H3,(H3,21,22,23,24). The quantitative estimate of drug-likeness (QED) is 0.611. The Morgan fingerprint density at radius 2 is 1.46 bits per heavy atom. The van der Waals surface area contributed by atoms with Gasteiger partial charge in [0.05, 0.1) is 34.0 Å². The van der Waals surface area contributed by atoms with Crippen LogP contribution in [-0.4, -0.2) is 45.0 Å². The molecular weight excluding hydrogens is 360 g/mol. The van der Waals surface area contributed by atoms with E-state index in [0.717, 1.165) is 12.0 Å². The van der Waals surface area contributed by atoms with Crippen LogP contribution in [0, 0.1) is 0 Å². The van der Waals surface area contributed by atoms with Crippen LogP contribution in [0.25, 0.3) is 10.9 Å². The Hall–Kier alpha value is -3.42. The molecule has 0 aliphatic heterocycles. The molecule has 0 aliphatic rings. The van der Waals surface area contributed by atoms with Crippen LogP contribution in [0.1, 0.15) is 5.56 Å². The summed E-state index contributed by atoms with van der Waals surface area (Å²) in [5.41, 5.74) is 7.89. The van der Waals surface area contributed by atoms with Gasteiger partial charge in [0.1, 0.15) is 5.82 Å². The summed E-state index contributed by atoms with van der Waals surface area (Å²) in [6, 6.07) is 9.39. The van der Waals surface area contributed by atoms with Crippen molar-refractivity contribution in [2.45, 2.75) is 6.42 Å². The second kappa shape index (κ2) is 8.51. The number of aromatic nitrogens is 2. The summed E-state index contributed by atoms with van der Waals surface area (Å²) in [5.74, 6) is 3.41. The molecule has 0 atom stereocenters. The highest BCUT2D eigenvalue weighted by Gasteiger charge is 2.12. The smallest absolute Gasteiger partial charge is 0.225 e. The van der Waals surface area contributed by atoms with Crippen LogP contribution in [0.15, 0.2) is 30.3 Å². The highest BCUT2D eigenvalue weighted by atomic mass is 16.5. The first-order chi connectivity index (χ1) is 13.6. The maximum Gasteiger partial charge on any atom is 0.225 e. The number of benzene rings is 2. The van der Waals surface area contributed by atoms with Crippen LogP contribution in [-0.2, 0) is 6.42 Å². The van der Waals surface area contributed by atoms with Crippen molar-refractivity contribution in [3.63, 3.8) is 0 Å². The van der Waals surface area contributed by atoms with Gasteiger partial charge in [-0.2, -0.15) is 4.98 Å². The average Bonchev–Trinajstić information content (AvgIpc) is 2.72. The maximum atomic E-state index is 6.11. The van der Waals surface area contributed by atoms with E-state index in [9.17, 15) is 0 Å². The van der Waals surface area contributed by atoms with Crippen molar-refractivity contribution >= 4 is 22.7 Å². The van der Waals surface area contributed by atoms with Crippen molar-refractivity contribution in [1.29, 1.82) is 0 Å². The molecule has 0 amide bonds. The zero-order valence-corrected chi connectivity index (χ0v) is 16.4. The monoisotopic (exact) mass is 384 g/mol. The molecule has 0 bridgehead atoms. The summed E-state index contributed by atoms with van der Waals surface area (Å²) in [6.07, 6.45) is 0.758. The zero-order chi connectivity index (χ0) is 20.1. The second-order valence-electron chi connectivity index (χ2n) is 6.02. The molecular formula is C20H24N4O4. The lowest BCUT2D eigenvalue weighted by atomic mass is 10.1. The zero-order valence-electron chi connectivity index (χ0n) is 16.4. The third kappa shape index (κ3) is 3.95. The minimum absolute atomic E-state index is 0.375. The highest BCUT2D eigenvalue weighted by molar-refractivity contribution is 5.91. The first-order valence-electron chi connectivity index (χ1n) is 8.73. The predicted octanol–water partition coefficient (Wildman–Crippen LogP) is 2.90. The predicted molar refractivity (Wildman–Crippen MR) is 109 cm³/mol. The molecule has 148 valence electrons. The molecule has 0 spiro atoms. The fourth-order valence-electron chi connectivity index (χ4n) is 2.91. The second-order valence-corrected chi connectivity index (χ2v) is 6.02. The summed E-state index contributed by atoms with van der Waals surface area (Å²) in [4.78, 5) is 8.87. The number of rotatable bonds is 8. The molecule has 0 saturated heterocycles. The first kappa shape index (κ1) is 19.3. The molecule has 1 heterocycles. The third-order valence-electron chi connectivity index (χ3n) is 4.38. The largest absolute Gasteiger partial charge is 0.493 e.